The molecule has 3 aromatic rings. The number of carboxylic acid groups (broad SMARTS) is 1. The number of ether oxygens (including phenoxy) is 2. The molecule has 9 heteroatoms. The maximum atomic E-state index is 11.1. The minimum absolute atomic E-state index is 0.138. The summed E-state index contributed by atoms with van der Waals surface area (Å²) < 4.78 is 11.0. The van der Waals surface area contributed by atoms with Crippen LogP contribution in [0, 0.1) is 0 Å². The number of phenolic OH excluding ortho intramolecular Hbond substituents is 1. The van der Waals surface area contributed by atoms with E-state index in [9.17, 15) is 9.90 Å². The zero-order valence-electron chi connectivity index (χ0n) is 17.1. The van der Waals surface area contributed by atoms with Gasteiger partial charge < -0.3 is 29.9 Å². The van der Waals surface area contributed by atoms with Gasteiger partial charge >= 0.3 is 5.97 Å². The van der Waals surface area contributed by atoms with Gasteiger partial charge in [0, 0.05) is 30.2 Å². The minimum Gasteiger partial charge on any atom is -0.508 e. The fourth-order valence-corrected chi connectivity index (χ4v) is 3.57. The number of phenols is 1. The number of anilines is 2. The van der Waals surface area contributed by atoms with Crippen molar-refractivity contribution < 1.29 is 24.5 Å². The molecular weight excluding hydrogens is 400 g/mol. The number of morpholine rings is 1. The molecule has 1 aliphatic rings. The number of rotatable bonds is 7. The van der Waals surface area contributed by atoms with Crippen LogP contribution in [0.2, 0.25) is 0 Å². The summed E-state index contributed by atoms with van der Waals surface area (Å²) >= 11 is 0. The Morgan fingerprint density at radius 2 is 2.06 bits per heavy atom. The summed E-state index contributed by atoms with van der Waals surface area (Å²) in [6.07, 6.45) is 1.42. The number of aromatic nitrogens is 2. The van der Waals surface area contributed by atoms with E-state index >= 15 is 0 Å². The SMILES string of the molecule is C[C@@H](Nc1ncnc2c(OCC(=O)O)cc(N3CCOCC3)cc12)c1cccc(O)c1. The maximum absolute atomic E-state index is 11.1. The molecule has 2 heterocycles. The zero-order valence-corrected chi connectivity index (χ0v) is 17.1. The molecule has 0 radical (unpaired) electrons. The molecule has 1 aliphatic heterocycles. The molecule has 0 aliphatic carbocycles. The summed E-state index contributed by atoms with van der Waals surface area (Å²) in [5, 5.41) is 23.0. The van der Waals surface area contributed by atoms with Crippen molar-refractivity contribution in [2.75, 3.05) is 43.1 Å². The number of benzene rings is 2. The van der Waals surface area contributed by atoms with Crippen LogP contribution in [0.3, 0.4) is 0 Å². The van der Waals surface area contributed by atoms with Gasteiger partial charge in [-0.25, -0.2) is 14.8 Å². The average Bonchev–Trinajstić information content (AvgIpc) is 2.78. The van der Waals surface area contributed by atoms with Gasteiger partial charge in [-0.05, 0) is 30.7 Å². The summed E-state index contributed by atoms with van der Waals surface area (Å²) in [6.45, 7) is 4.19. The number of hydrogen-bond donors (Lipinski definition) is 3. The van der Waals surface area contributed by atoms with E-state index in [0.29, 0.717) is 30.3 Å². The second kappa shape index (κ2) is 9.05. The standard InChI is InChI=1S/C22H24N4O5/c1-14(15-3-2-4-17(27)9-15)25-22-18-10-16(26-5-7-30-8-6-26)11-19(31-12-20(28)29)21(18)23-13-24-22/h2-4,9-11,13-14,27H,5-8,12H2,1H3,(H,28,29)(H,23,24,25)/t14-/m1/s1. The summed E-state index contributed by atoms with van der Waals surface area (Å²) in [5.74, 6) is 0.112. The number of hydrogen-bond acceptors (Lipinski definition) is 8. The predicted molar refractivity (Wildman–Crippen MR) is 116 cm³/mol. The summed E-state index contributed by atoms with van der Waals surface area (Å²) in [4.78, 5) is 22.0. The van der Waals surface area contributed by atoms with Crippen molar-refractivity contribution in [1.82, 2.24) is 9.97 Å². The Kier molecular flexibility index (Phi) is 6.03. The number of aliphatic carboxylic acids is 1. The lowest BCUT2D eigenvalue weighted by Crippen LogP contribution is -2.36. The average molecular weight is 424 g/mol. The minimum atomic E-state index is -1.06. The van der Waals surface area contributed by atoms with Crippen LogP contribution >= 0.6 is 0 Å². The van der Waals surface area contributed by atoms with Gasteiger partial charge in [-0.3, -0.25) is 0 Å². The summed E-state index contributed by atoms with van der Waals surface area (Å²) in [6, 6.07) is 10.7. The number of aromatic hydroxyl groups is 1. The van der Waals surface area contributed by atoms with E-state index in [-0.39, 0.29) is 11.8 Å². The number of fused-ring (bicyclic) bond motifs is 1. The highest BCUT2D eigenvalue weighted by Gasteiger charge is 2.18. The first-order chi connectivity index (χ1) is 15.0. The van der Waals surface area contributed by atoms with Crippen LogP contribution in [0.25, 0.3) is 10.9 Å². The molecule has 0 spiro atoms. The van der Waals surface area contributed by atoms with Gasteiger partial charge in [0.1, 0.15) is 29.2 Å². The molecule has 162 valence electrons. The third-order valence-corrected chi connectivity index (χ3v) is 5.14. The second-order valence-corrected chi connectivity index (χ2v) is 7.31. The van der Waals surface area contributed by atoms with E-state index in [1.807, 2.05) is 25.1 Å². The highest BCUT2D eigenvalue weighted by Crippen LogP contribution is 2.35. The fraction of sp³-hybridized carbons (Fsp3) is 0.318. The molecule has 0 unspecified atom stereocenters. The molecule has 4 rings (SSSR count). The first-order valence-electron chi connectivity index (χ1n) is 10.0. The maximum Gasteiger partial charge on any atom is 0.341 e. The largest absolute Gasteiger partial charge is 0.508 e. The highest BCUT2D eigenvalue weighted by atomic mass is 16.5. The van der Waals surface area contributed by atoms with E-state index in [4.69, 9.17) is 14.6 Å². The zero-order chi connectivity index (χ0) is 21.8. The molecule has 1 saturated heterocycles. The van der Waals surface area contributed by atoms with Crippen molar-refractivity contribution in [3.05, 3.63) is 48.3 Å². The first-order valence-corrected chi connectivity index (χ1v) is 10.0. The van der Waals surface area contributed by atoms with Crippen molar-refractivity contribution in [3.8, 4) is 11.5 Å². The van der Waals surface area contributed by atoms with E-state index in [1.165, 1.54) is 6.33 Å². The Balaban J connectivity index is 1.74. The number of nitrogens with zero attached hydrogens (tertiary/aromatic N) is 3. The van der Waals surface area contributed by atoms with Crippen LogP contribution in [0.5, 0.6) is 11.5 Å². The van der Waals surface area contributed by atoms with Gasteiger partial charge in [0.05, 0.1) is 19.3 Å². The van der Waals surface area contributed by atoms with Crippen LogP contribution in [-0.4, -0.2) is 59.1 Å². The molecule has 31 heavy (non-hydrogen) atoms. The normalized spacial score (nSPS) is 14.9. The van der Waals surface area contributed by atoms with E-state index in [2.05, 4.69) is 20.2 Å². The molecule has 0 saturated carbocycles. The van der Waals surface area contributed by atoms with E-state index in [1.54, 1.807) is 18.2 Å². The third-order valence-electron chi connectivity index (χ3n) is 5.14. The second-order valence-electron chi connectivity index (χ2n) is 7.31. The molecule has 1 atom stereocenters. The lowest BCUT2D eigenvalue weighted by Gasteiger charge is -2.29. The van der Waals surface area contributed by atoms with E-state index in [0.717, 1.165) is 29.7 Å². The quantitative estimate of drug-likeness (QED) is 0.526. The van der Waals surface area contributed by atoms with Crippen molar-refractivity contribution in [1.29, 1.82) is 0 Å². The van der Waals surface area contributed by atoms with Crippen LogP contribution in [0.1, 0.15) is 18.5 Å². The molecule has 1 fully saturated rings. The summed E-state index contributed by atoms with van der Waals surface area (Å²) in [7, 11) is 0. The first kappa shape index (κ1) is 20.7. The van der Waals surface area contributed by atoms with Crippen LogP contribution in [0.4, 0.5) is 11.5 Å². The smallest absolute Gasteiger partial charge is 0.341 e. The fourth-order valence-electron chi connectivity index (χ4n) is 3.57. The van der Waals surface area contributed by atoms with Crippen molar-refractivity contribution >= 4 is 28.4 Å². The topological polar surface area (TPSA) is 117 Å². The van der Waals surface area contributed by atoms with Crippen molar-refractivity contribution in [2.24, 2.45) is 0 Å². The van der Waals surface area contributed by atoms with Gasteiger partial charge in [-0.15, -0.1) is 0 Å². The molecule has 3 N–H and O–H groups in total. The van der Waals surface area contributed by atoms with Gasteiger partial charge in [0.15, 0.2) is 6.61 Å². The Morgan fingerprint density at radius 3 is 2.81 bits per heavy atom. The Labute approximate surface area is 179 Å². The van der Waals surface area contributed by atoms with Gasteiger partial charge in [-0.2, -0.15) is 0 Å². The van der Waals surface area contributed by atoms with Crippen LogP contribution < -0.4 is 15.0 Å². The molecular formula is C22H24N4O5. The summed E-state index contributed by atoms with van der Waals surface area (Å²) in [5.41, 5.74) is 2.32. The third kappa shape index (κ3) is 4.77. The number of carbonyl (C=O) groups is 1. The lowest BCUT2D eigenvalue weighted by atomic mass is 10.1. The van der Waals surface area contributed by atoms with Crippen LogP contribution in [0.15, 0.2) is 42.7 Å². The number of carboxylic acids is 1. The van der Waals surface area contributed by atoms with Crippen molar-refractivity contribution in [2.45, 2.75) is 13.0 Å². The van der Waals surface area contributed by atoms with E-state index < -0.39 is 12.6 Å². The van der Waals surface area contributed by atoms with Crippen molar-refractivity contribution in [3.63, 3.8) is 0 Å². The van der Waals surface area contributed by atoms with Crippen LogP contribution in [-0.2, 0) is 9.53 Å². The molecule has 2 aromatic carbocycles. The highest BCUT2D eigenvalue weighted by molar-refractivity contribution is 5.96. The van der Waals surface area contributed by atoms with Gasteiger partial charge in [-0.1, -0.05) is 12.1 Å². The Bertz CT molecular complexity index is 1080. The monoisotopic (exact) mass is 424 g/mol. The van der Waals surface area contributed by atoms with Gasteiger partial charge in [0.2, 0.25) is 0 Å². The molecule has 9 nitrogen and oxygen atoms in total. The molecule has 1 aromatic heterocycles. The predicted octanol–water partition coefficient (Wildman–Crippen LogP) is 2.81. The molecule has 0 bridgehead atoms. The Morgan fingerprint density at radius 1 is 1.26 bits per heavy atom. The Hall–Kier alpha value is -3.59. The molecule has 0 amide bonds. The number of nitrogens with one attached hydrogen (secondary N) is 1. The van der Waals surface area contributed by atoms with Gasteiger partial charge in [0.25, 0.3) is 0 Å². The lowest BCUT2D eigenvalue weighted by molar-refractivity contribution is -0.139.